The molecule has 1 aliphatic carbocycles. The van der Waals surface area contributed by atoms with Crippen LogP contribution in [0.3, 0.4) is 0 Å². The summed E-state index contributed by atoms with van der Waals surface area (Å²) in [5.41, 5.74) is 0.287. The summed E-state index contributed by atoms with van der Waals surface area (Å²) in [6.45, 7) is 6.05. The molecule has 0 amide bonds. The molecule has 150 valence electrons. The van der Waals surface area contributed by atoms with Gasteiger partial charge in [-0.3, -0.25) is 0 Å². The Balaban J connectivity index is 0.00000205. The fraction of sp³-hybridized carbons (Fsp3) is 0.550. The van der Waals surface area contributed by atoms with Crippen LogP contribution >= 0.6 is 0 Å². The van der Waals surface area contributed by atoms with E-state index in [-0.39, 0.29) is 30.1 Å². The summed E-state index contributed by atoms with van der Waals surface area (Å²) in [4.78, 5) is 0. The Kier molecular flexibility index (Phi) is 4.59. The van der Waals surface area contributed by atoms with Crippen molar-refractivity contribution in [3.05, 3.63) is 30.1 Å². The minimum Gasteiger partial charge on any atom is -0.555 e. The number of rotatable bonds is 2. The quantitative estimate of drug-likeness (QED) is 0.703. The van der Waals surface area contributed by atoms with Crippen LogP contribution in [0.1, 0.15) is 40.5 Å². The molecule has 1 saturated carbocycles. The van der Waals surface area contributed by atoms with Crippen molar-refractivity contribution in [2.75, 3.05) is 6.61 Å². The Morgan fingerprint density at radius 2 is 1.66 bits per heavy atom. The van der Waals surface area contributed by atoms with Gasteiger partial charge in [0.15, 0.2) is 5.88 Å². The zero-order valence-electron chi connectivity index (χ0n) is 17.7. The van der Waals surface area contributed by atoms with Crippen LogP contribution in [0.25, 0.3) is 11.3 Å². The second kappa shape index (κ2) is 6.35. The SMILES string of the molecule is CC1(C)O[B-](O)(c2c(-c3ccc(F)cc3)nn3c2OCC2(CC2)C3)OC1(C)C.[Li+]. The zero-order chi connectivity index (χ0) is 19.9. The van der Waals surface area contributed by atoms with Crippen molar-refractivity contribution in [2.45, 2.75) is 58.3 Å². The van der Waals surface area contributed by atoms with Crippen molar-refractivity contribution in [2.24, 2.45) is 5.41 Å². The van der Waals surface area contributed by atoms with E-state index in [9.17, 15) is 9.41 Å². The van der Waals surface area contributed by atoms with Gasteiger partial charge in [-0.05, 0) is 75.8 Å². The number of aromatic nitrogens is 2. The molecular formula is C20H25BFLiN2O4. The summed E-state index contributed by atoms with van der Waals surface area (Å²) >= 11 is 0. The van der Waals surface area contributed by atoms with Gasteiger partial charge < -0.3 is 19.1 Å². The van der Waals surface area contributed by atoms with Crippen LogP contribution in [0.15, 0.2) is 24.3 Å². The van der Waals surface area contributed by atoms with Gasteiger partial charge in [-0.2, -0.15) is 5.10 Å². The number of fused-ring (bicyclic) bond motifs is 1. The van der Waals surface area contributed by atoms with Crippen molar-refractivity contribution < 1.29 is 42.3 Å². The number of ether oxygens (including phenoxy) is 1. The normalized spacial score (nSPS) is 24.5. The smallest absolute Gasteiger partial charge is 0.555 e. The van der Waals surface area contributed by atoms with Gasteiger partial charge in [-0.1, -0.05) is 0 Å². The van der Waals surface area contributed by atoms with Crippen LogP contribution in [0, 0.1) is 11.2 Å². The van der Waals surface area contributed by atoms with Crippen molar-refractivity contribution in [1.29, 1.82) is 0 Å². The standard InChI is InChI=1S/C20H25BFN2O4.Li/c1-18(2)19(3,4)28-21(25,27-18)15-16(13-5-7-14(22)8-6-13)23-24-11-20(9-10-20)12-26-17(15)24;/h5-8,25H,9-12H2,1-4H3;/q-1;+1. The van der Waals surface area contributed by atoms with Gasteiger partial charge >= 0.3 is 25.6 Å². The fourth-order valence-electron chi connectivity index (χ4n) is 4.16. The Morgan fingerprint density at radius 1 is 1.07 bits per heavy atom. The third kappa shape index (κ3) is 3.17. The van der Waals surface area contributed by atoms with Crippen molar-refractivity contribution in [3.8, 4) is 17.1 Å². The molecule has 2 aliphatic heterocycles. The van der Waals surface area contributed by atoms with E-state index < -0.39 is 18.0 Å². The molecule has 29 heavy (non-hydrogen) atoms. The van der Waals surface area contributed by atoms with Crippen LogP contribution in [0.5, 0.6) is 5.88 Å². The number of nitrogens with zero attached hydrogens (tertiary/aromatic N) is 2. The van der Waals surface area contributed by atoms with E-state index >= 15 is 0 Å². The summed E-state index contributed by atoms with van der Waals surface area (Å²) < 4.78 is 33.6. The molecule has 1 saturated heterocycles. The van der Waals surface area contributed by atoms with Gasteiger partial charge in [0.05, 0.1) is 18.8 Å². The maximum atomic E-state index is 13.5. The second-order valence-electron chi connectivity index (χ2n) is 9.45. The molecule has 1 N–H and O–H groups in total. The third-order valence-electron chi connectivity index (χ3n) is 6.74. The first kappa shape index (κ1) is 21.0. The number of hydrogen-bond acceptors (Lipinski definition) is 5. The summed E-state index contributed by atoms with van der Waals surface area (Å²) in [7, 11) is 0. The van der Waals surface area contributed by atoms with E-state index in [1.807, 2.05) is 27.7 Å². The van der Waals surface area contributed by atoms with Crippen LogP contribution in [0.4, 0.5) is 4.39 Å². The molecule has 2 aromatic rings. The number of halogens is 1. The monoisotopic (exact) mass is 394 g/mol. The molecule has 1 aromatic carbocycles. The molecule has 0 unspecified atom stereocenters. The van der Waals surface area contributed by atoms with Crippen LogP contribution < -0.4 is 29.1 Å². The maximum absolute atomic E-state index is 13.5. The first-order valence-electron chi connectivity index (χ1n) is 9.81. The average Bonchev–Trinajstić information content (AvgIpc) is 3.17. The first-order valence-corrected chi connectivity index (χ1v) is 9.81. The first-order chi connectivity index (χ1) is 13.0. The van der Waals surface area contributed by atoms with Gasteiger partial charge in [0.2, 0.25) is 0 Å². The predicted octanol–water partition coefficient (Wildman–Crippen LogP) is -0.392. The van der Waals surface area contributed by atoms with Crippen molar-refractivity contribution >= 4 is 12.2 Å². The van der Waals surface area contributed by atoms with Crippen LogP contribution in [-0.2, 0) is 15.9 Å². The minimum atomic E-state index is -2.83. The Morgan fingerprint density at radius 3 is 2.21 bits per heavy atom. The minimum absolute atomic E-state index is 0. The topological polar surface area (TPSA) is 65.7 Å². The molecule has 0 radical (unpaired) electrons. The molecule has 1 spiro atoms. The molecule has 3 heterocycles. The van der Waals surface area contributed by atoms with E-state index in [0.29, 0.717) is 29.2 Å². The van der Waals surface area contributed by atoms with E-state index in [1.165, 1.54) is 12.1 Å². The molecular weight excluding hydrogens is 369 g/mol. The Labute approximate surface area is 181 Å². The molecule has 2 fully saturated rings. The molecule has 0 atom stereocenters. The van der Waals surface area contributed by atoms with E-state index in [1.54, 1.807) is 16.8 Å². The van der Waals surface area contributed by atoms with E-state index in [2.05, 4.69) is 0 Å². The molecule has 0 bridgehead atoms. The van der Waals surface area contributed by atoms with E-state index in [0.717, 1.165) is 19.4 Å². The van der Waals surface area contributed by atoms with Gasteiger partial charge in [0.25, 0.3) is 0 Å². The molecule has 6 nitrogen and oxygen atoms in total. The maximum Gasteiger partial charge on any atom is 1.00 e. The zero-order valence-corrected chi connectivity index (χ0v) is 17.7. The number of benzene rings is 1. The largest absolute Gasteiger partial charge is 1.00 e. The van der Waals surface area contributed by atoms with Crippen LogP contribution in [-0.4, -0.2) is 39.4 Å². The van der Waals surface area contributed by atoms with Crippen molar-refractivity contribution in [3.63, 3.8) is 0 Å². The number of hydrogen-bond donors (Lipinski definition) is 1. The Bertz CT molecular complexity index is 940. The van der Waals surface area contributed by atoms with Crippen molar-refractivity contribution in [1.82, 2.24) is 9.78 Å². The molecule has 1 aromatic heterocycles. The summed E-state index contributed by atoms with van der Waals surface area (Å²) in [5, 5.41) is 16.3. The summed E-state index contributed by atoms with van der Waals surface area (Å²) in [6, 6.07) is 6.04. The van der Waals surface area contributed by atoms with Gasteiger partial charge in [0, 0.05) is 16.6 Å². The Hall–Kier alpha value is -1.30. The molecule has 3 aliphatic rings. The summed E-state index contributed by atoms with van der Waals surface area (Å²) in [6.07, 6.45) is 2.21. The third-order valence-corrected chi connectivity index (χ3v) is 6.74. The predicted molar refractivity (Wildman–Crippen MR) is 103 cm³/mol. The second-order valence-corrected chi connectivity index (χ2v) is 9.45. The fourth-order valence-corrected chi connectivity index (χ4v) is 4.16. The average molecular weight is 394 g/mol. The van der Waals surface area contributed by atoms with Gasteiger partial charge in [0.1, 0.15) is 5.82 Å². The molecule has 9 heteroatoms. The summed E-state index contributed by atoms with van der Waals surface area (Å²) in [5.74, 6) is 0.148. The van der Waals surface area contributed by atoms with E-state index in [4.69, 9.17) is 19.1 Å². The van der Waals surface area contributed by atoms with Gasteiger partial charge in [-0.25, -0.2) is 9.07 Å². The van der Waals surface area contributed by atoms with Crippen LogP contribution in [0.2, 0.25) is 0 Å². The van der Waals surface area contributed by atoms with Gasteiger partial charge in [-0.15, -0.1) is 0 Å². The molecule has 5 rings (SSSR count).